The number of halogens is 1. The van der Waals surface area contributed by atoms with Gasteiger partial charge in [0.15, 0.2) is 11.6 Å². The number of para-hydroxylation sites is 1. The Hall–Kier alpha value is -2.07. The first-order valence-corrected chi connectivity index (χ1v) is 7.01. The predicted molar refractivity (Wildman–Crippen MR) is 79.1 cm³/mol. The van der Waals surface area contributed by atoms with Crippen LogP contribution in [0.4, 0.5) is 4.39 Å². The standard InChI is InChI=1S/C17H18FNO2/c1-20-14-8-6-13(7-9-14)10-19-11-15(12-19)21-17-5-3-2-4-16(17)18/h2-9,15H,10-12H2,1H3. The van der Waals surface area contributed by atoms with E-state index < -0.39 is 0 Å². The third-order valence-electron chi connectivity index (χ3n) is 3.62. The van der Waals surface area contributed by atoms with Crippen molar-refractivity contribution >= 4 is 0 Å². The molecule has 0 aromatic heterocycles. The summed E-state index contributed by atoms with van der Waals surface area (Å²) in [6.45, 7) is 2.52. The summed E-state index contributed by atoms with van der Waals surface area (Å²) >= 11 is 0. The Morgan fingerprint density at radius 1 is 1.10 bits per heavy atom. The highest BCUT2D eigenvalue weighted by Crippen LogP contribution is 2.22. The summed E-state index contributed by atoms with van der Waals surface area (Å²) in [5, 5.41) is 0. The number of benzene rings is 2. The van der Waals surface area contributed by atoms with E-state index in [4.69, 9.17) is 9.47 Å². The maximum Gasteiger partial charge on any atom is 0.165 e. The van der Waals surface area contributed by atoms with Gasteiger partial charge < -0.3 is 9.47 Å². The Morgan fingerprint density at radius 3 is 2.48 bits per heavy atom. The number of methoxy groups -OCH3 is 1. The van der Waals surface area contributed by atoms with Crippen LogP contribution in [0.15, 0.2) is 48.5 Å². The average Bonchev–Trinajstić information content (AvgIpc) is 2.48. The lowest BCUT2D eigenvalue weighted by Gasteiger charge is -2.39. The van der Waals surface area contributed by atoms with E-state index in [0.717, 1.165) is 25.4 Å². The fourth-order valence-corrected chi connectivity index (χ4v) is 2.44. The molecule has 4 heteroatoms. The van der Waals surface area contributed by atoms with Crippen molar-refractivity contribution in [3.8, 4) is 11.5 Å². The first-order chi connectivity index (χ1) is 10.2. The number of likely N-dealkylation sites (tertiary alicyclic amines) is 1. The minimum absolute atomic E-state index is 0.0696. The van der Waals surface area contributed by atoms with Crippen molar-refractivity contribution in [2.24, 2.45) is 0 Å². The lowest BCUT2D eigenvalue weighted by atomic mass is 10.1. The summed E-state index contributed by atoms with van der Waals surface area (Å²) in [5.74, 6) is 0.904. The van der Waals surface area contributed by atoms with Crippen LogP contribution in [-0.2, 0) is 6.54 Å². The summed E-state index contributed by atoms with van der Waals surface area (Å²) in [6, 6.07) is 14.6. The molecule has 0 aliphatic carbocycles. The molecule has 3 rings (SSSR count). The Labute approximate surface area is 123 Å². The van der Waals surface area contributed by atoms with Gasteiger partial charge in [-0.25, -0.2) is 4.39 Å². The lowest BCUT2D eigenvalue weighted by molar-refractivity contribution is 0.0123. The van der Waals surface area contributed by atoms with E-state index in [-0.39, 0.29) is 11.9 Å². The normalized spacial score (nSPS) is 15.5. The zero-order valence-electron chi connectivity index (χ0n) is 12.0. The smallest absolute Gasteiger partial charge is 0.165 e. The Kier molecular flexibility index (Phi) is 4.06. The molecule has 0 saturated carbocycles. The SMILES string of the molecule is COc1ccc(CN2CC(Oc3ccccc3F)C2)cc1. The molecule has 1 aliphatic rings. The van der Waals surface area contributed by atoms with Crippen LogP contribution in [0, 0.1) is 5.82 Å². The molecule has 1 heterocycles. The van der Waals surface area contributed by atoms with Crippen molar-refractivity contribution in [1.29, 1.82) is 0 Å². The third-order valence-corrected chi connectivity index (χ3v) is 3.62. The zero-order chi connectivity index (χ0) is 14.7. The van der Waals surface area contributed by atoms with Gasteiger partial charge >= 0.3 is 0 Å². The van der Waals surface area contributed by atoms with Gasteiger partial charge in [-0.15, -0.1) is 0 Å². The highest BCUT2D eigenvalue weighted by atomic mass is 19.1. The van der Waals surface area contributed by atoms with Crippen molar-refractivity contribution < 1.29 is 13.9 Å². The molecular formula is C17H18FNO2. The molecular weight excluding hydrogens is 269 g/mol. The van der Waals surface area contributed by atoms with Gasteiger partial charge in [0.25, 0.3) is 0 Å². The first-order valence-electron chi connectivity index (χ1n) is 7.01. The van der Waals surface area contributed by atoms with Crippen molar-refractivity contribution in [2.75, 3.05) is 20.2 Å². The summed E-state index contributed by atoms with van der Waals surface area (Å²) in [4.78, 5) is 2.27. The van der Waals surface area contributed by atoms with Crippen LogP contribution in [0.3, 0.4) is 0 Å². The molecule has 1 fully saturated rings. The second-order valence-electron chi connectivity index (χ2n) is 5.21. The van der Waals surface area contributed by atoms with E-state index in [0.29, 0.717) is 5.75 Å². The van der Waals surface area contributed by atoms with E-state index in [9.17, 15) is 4.39 Å². The van der Waals surface area contributed by atoms with Crippen LogP contribution in [-0.4, -0.2) is 31.2 Å². The molecule has 0 unspecified atom stereocenters. The fourth-order valence-electron chi connectivity index (χ4n) is 2.44. The van der Waals surface area contributed by atoms with Crippen molar-refractivity contribution in [3.63, 3.8) is 0 Å². The Balaban J connectivity index is 1.48. The molecule has 1 aliphatic heterocycles. The quantitative estimate of drug-likeness (QED) is 0.843. The van der Waals surface area contributed by atoms with Crippen LogP contribution < -0.4 is 9.47 Å². The highest BCUT2D eigenvalue weighted by Gasteiger charge is 2.28. The number of rotatable bonds is 5. The Bertz CT molecular complexity index is 594. The molecule has 2 aromatic carbocycles. The molecule has 1 saturated heterocycles. The predicted octanol–water partition coefficient (Wildman–Crippen LogP) is 3.10. The van der Waals surface area contributed by atoms with Crippen LogP contribution in [0.25, 0.3) is 0 Å². The van der Waals surface area contributed by atoms with Gasteiger partial charge in [-0.3, -0.25) is 4.90 Å². The summed E-state index contributed by atoms with van der Waals surface area (Å²) in [5.41, 5.74) is 1.24. The topological polar surface area (TPSA) is 21.7 Å². The maximum absolute atomic E-state index is 13.5. The molecule has 0 radical (unpaired) electrons. The molecule has 0 atom stereocenters. The summed E-state index contributed by atoms with van der Waals surface area (Å²) in [7, 11) is 1.66. The molecule has 0 N–H and O–H groups in total. The molecule has 110 valence electrons. The maximum atomic E-state index is 13.5. The molecule has 3 nitrogen and oxygen atoms in total. The van der Waals surface area contributed by atoms with E-state index in [1.807, 2.05) is 12.1 Å². The van der Waals surface area contributed by atoms with Crippen LogP contribution in [0.2, 0.25) is 0 Å². The van der Waals surface area contributed by atoms with Crippen molar-refractivity contribution in [2.45, 2.75) is 12.6 Å². The number of hydrogen-bond acceptors (Lipinski definition) is 3. The fraction of sp³-hybridized carbons (Fsp3) is 0.294. The number of hydrogen-bond donors (Lipinski definition) is 0. The largest absolute Gasteiger partial charge is 0.497 e. The van der Waals surface area contributed by atoms with E-state index >= 15 is 0 Å². The lowest BCUT2D eigenvalue weighted by Crippen LogP contribution is -2.53. The van der Waals surface area contributed by atoms with E-state index in [2.05, 4.69) is 17.0 Å². The van der Waals surface area contributed by atoms with E-state index in [1.165, 1.54) is 11.6 Å². The van der Waals surface area contributed by atoms with Gasteiger partial charge in [0.2, 0.25) is 0 Å². The van der Waals surface area contributed by atoms with Gasteiger partial charge in [0.05, 0.1) is 7.11 Å². The Morgan fingerprint density at radius 2 is 1.81 bits per heavy atom. The van der Waals surface area contributed by atoms with E-state index in [1.54, 1.807) is 25.3 Å². The minimum Gasteiger partial charge on any atom is -0.497 e. The average molecular weight is 287 g/mol. The molecule has 0 spiro atoms. The number of nitrogens with zero attached hydrogens (tertiary/aromatic N) is 1. The minimum atomic E-state index is -0.300. The van der Waals surface area contributed by atoms with Crippen LogP contribution >= 0.6 is 0 Å². The molecule has 0 amide bonds. The zero-order valence-corrected chi connectivity index (χ0v) is 12.0. The first kappa shape index (κ1) is 13.9. The van der Waals surface area contributed by atoms with Gasteiger partial charge in [0.1, 0.15) is 11.9 Å². The van der Waals surface area contributed by atoms with Gasteiger partial charge in [0, 0.05) is 19.6 Å². The molecule has 0 bridgehead atoms. The van der Waals surface area contributed by atoms with Crippen LogP contribution in [0.1, 0.15) is 5.56 Å². The van der Waals surface area contributed by atoms with Gasteiger partial charge in [-0.2, -0.15) is 0 Å². The second kappa shape index (κ2) is 6.14. The number of ether oxygens (including phenoxy) is 2. The van der Waals surface area contributed by atoms with Crippen molar-refractivity contribution in [1.82, 2.24) is 4.90 Å². The van der Waals surface area contributed by atoms with Gasteiger partial charge in [-0.05, 0) is 29.8 Å². The summed E-state index contributed by atoms with van der Waals surface area (Å²) < 4.78 is 24.3. The van der Waals surface area contributed by atoms with Crippen molar-refractivity contribution in [3.05, 3.63) is 59.9 Å². The summed E-state index contributed by atoms with van der Waals surface area (Å²) in [6.07, 6.45) is 0.0696. The monoisotopic (exact) mass is 287 g/mol. The highest BCUT2D eigenvalue weighted by molar-refractivity contribution is 5.27. The van der Waals surface area contributed by atoms with Gasteiger partial charge in [-0.1, -0.05) is 24.3 Å². The molecule has 2 aromatic rings. The third kappa shape index (κ3) is 3.34. The molecule has 21 heavy (non-hydrogen) atoms. The second-order valence-corrected chi connectivity index (χ2v) is 5.21. The van der Waals surface area contributed by atoms with Crippen LogP contribution in [0.5, 0.6) is 11.5 Å².